The van der Waals surface area contributed by atoms with E-state index in [4.69, 9.17) is 4.74 Å². The summed E-state index contributed by atoms with van der Waals surface area (Å²) < 4.78 is 4.71. The van der Waals surface area contributed by atoms with Crippen LogP contribution in [0.2, 0.25) is 0 Å². The Morgan fingerprint density at radius 3 is 2.67 bits per heavy atom. The van der Waals surface area contributed by atoms with Crippen molar-refractivity contribution in [3.8, 4) is 0 Å². The van der Waals surface area contributed by atoms with Gasteiger partial charge in [-0.15, -0.1) is 0 Å². The highest BCUT2D eigenvalue weighted by atomic mass is 16.6. The largest absolute Gasteiger partial charge is 0.430 e. The van der Waals surface area contributed by atoms with Crippen LogP contribution in [0.4, 0.5) is 0 Å². The maximum Gasteiger partial charge on any atom is 0.321 e. The molecule has 0 N–H and O–H groups in total. The lowest BCUT2D eigenvalue weighted by Crippen LogP contribution is -2.31. The monoisotopic (exact) mass is 126 g/mol. The molecule has 0 aliphatic carbocycles. The van der Waals surface area contributed by atoms with Gasteiger partial charge in [0.25, 0.3) is 0 Å². The van der Waals surface area contributed by atoms with Crippen molar-refractivity contribution in [3.05, 3.63) is 11.8 Å². The van der Waals surface area contributed by atoms with Gasteiger partial charge >= 0.3 is 5.97 Å². The Labute approximate surface area is 54.5 Å². The highest BCUT2D eigenvalue weighted by Gasteiger charge is 2.34. The zero-order chi connectivity index (χ0) is 6.85. The van der Waals surface area contributed by atoms with Crippen LogP contribution in [0.3, 0.4) is 0 Å². The highest BCUT2D eigenvalue weighted by Crippen LogP contribution is 2.28. The number of hydrogen-bond donors (Lipinski definition) is 0. The second-order valence-corrected chi connectivity index (χ2v) is 2.07. The molecule has 0 unspecified atom stereocenters. The van der Waals surface area contributed by atoms with E-state index in [1.807, 2.05) is 19.9 Å². The summed E-state index contributed by atoms with van der Waals surface area (Å²) >= 11 is 0. The van der Waals surface area contributed by atoms with E-state index in [-0.39, 0.29) is 11.9 Å². The van der Waals surface area contributed by atoms with Crippen molar-refractivity contribution in [1.29, 1.82) is 0 Å². The number of esters is 1. The van der Waals surface area contributed by atoms with Crippen molar-refractivity contribution in [1.82, 2.24) is 0 Å². The number of ether oxygens (including phenoxy) is 1. The quantitative estimate of drug-likeness (QED) is 0.497. The van der Waals surface area contributed by atoms with E-state index in [9.17, 15) is 4.79 Å². The lowest BCUT2D eigenvalue weighted by molar-refractivity contribution is -0.157. The summed E-state index contributed by atoms with van der Waals surface area (Å²) in [6, 6.07) is 0. The molecular weight excluding hydrogens is 116 g/mol. The van der Waals surface area contributed by atoms with Gasteiger partial charge in [0.2, 0.25) is 0 Å². The van der Waals surface area contributed by atoms with Crippen molar-refractivity contribution < 1.29 is 9.53 Å². The fourth-order valence-corrected chi connectivity index (χ4v) is 0.944. The zero-order valence-electron chi connectivity index (χ0n) is 5.68. The van der Waals surface area contributed by atoms with Crippen molar-refractivity contribution in [3.63, 3.8) is 0 Å². The Kier molecular flexibility index (Phi) is 1.56. The molecule has 0 aromatic rings. The molecule has 2 heteroatoms. The summed E-state index contributed by atoms with van der Waals surface area (Å²) in [5.41, 5.74) is 0. The molecule has 9 heavy (non-hydrogen) atoms. The van der Waals surface area contributed by atoms with Crippen LogP contribution in [-0.2, 0) is 9.53 Å². The molecule has 1 fully saturated rings. The van der Waals surface area contributed by atoms with Gasteiger partial charge in [0.15, 0.2) is 0 Å². The van der Waals surface area contributed by atoms with Gasteiger partial charge in [-0.3, -0.25) is 4.79 Å². The zero-order valence-corrected chi connectivity index (χ0v) is 5.68. The summed E-state index contributed by atoms with van der Waals surface area (Å²) in [6.07, 6.45) is 2.70. The van der Waals surface area contributed by atoms with Crippen molar-refractivity contribution in [2.45, 2.75) is 20.3 Å². The Morgan fingerprint density at radius 2 is 2.44 bits per heavy atom. The van der Waals surface area contributed by atoms with E-state index >= 15 is 0 Å². The molecule has 1 saturated heterocycles. The molecule has 2 nitrogen and oxygen atoms in total. The number of carbonyl (C=O) groups is 1. The third-order valence-electron chi connectivity index (χ3n) is 1.54. The molecule has 0 radical (unpaired) electrons. The number of allylic oxidation sites excluding steroid dienone is 1. The van der Waals surface area contributed by atoms with E-state index in [0.717, 1.165) is 12.2 Å². The first-order chi connectivity index (χ1) is 4.29. The SMILES string of the molecule is C/C=C1/OC(=O)[C@H]1CC. The van der Waals surface area contributed by atoms with Crippen LogP contribution >= 0.6 is 0 Å². The summed E-state index contributed by atoms with van der Waals surface area (Å²) in [7, 11) is 0. The van der Waals surface area contributed by atoms with Gasteiger partial charge < -0.3 is 4.74 Å². The van der Waals surface area contributed by atoms with E-state index in [2.05, 4.69) is 0 Å². The van der Waals surface area contributed by atoms with Crippen molar-refractivity contribution in [2.24, 2.45) is 5.92 Å². The standard InChI is InChI=1S/C7H10O2/c1-3-5-6(4-2)9-7(5)8/h4-5H,3H2,1-2H3/b6-4+/t5-/m0/s1. The third-order valence-corrected chi connectivity index (χ3v) is 1.54. The summed E-state index contributed by atoms with van der Waals surface area (Å²) in [6.45, 7) is 3.86. The molecule has 0 amide bonds. The molecule has 0 aromatic carbocycles. The summed E-state index contributed by atoms with van der Waals surface area (Å²) in [5, 5.41) is 0. The molecule has 1 aliphatic rings. The Bertz CT molecular complexity index is 158. The second kappa shape index (κ2) is 2.21. The Hall–Kier alpha value is -0.790. The number of hydrogen-bond acceptors (Lipinski definition) is 2. The van der Waals surface area contributed by atoms with Crippen molar-refractivity contribution in [2.75, 3.05) is 0 Å². The minimum absolute atomic E-state index is 0.0648. The normalized spacial score (nSPS) is 29.8. The van der Waals surface area contributed by atoms with E-state index in [1.165, 1.54) is 0 Å². The van der Waals surface area contributed by atoms with Crippen LogP contribution in [0, 0.1) is 5.92 Å². The Morgan fingerprint density at radius 1 is 1.78 bits per heavy atom. The van der Waals surface area contributed by atoms with Crippen LogP contribution in [0.15, 0.2) is 11.8 Å². The molecule has 0 aromatic heterocycles. The topological polar surface area (TPSA) is 26.3 Å². The van der Waals surface area contributed by atoms with E-state index in [1.54, 1.807) is 0 Å². The summed E-state index contributed by atoms with van der Waals surface area (Å²) in [4.78, 5) is 10.6. The van der Waals surface area contributed by atoms with Crippen LogP contribution < -0.4 is 0 Å². The first-order valence-corrected chi connectivity index (χ1v) is 3.17. The lowest BCUT2D eigenvalue weighted by Gasteiger charge is -2.26. The van der Waals surface area contributed by atoms with Gasteiger partial charge in [0.05, 0.1) is 0 Å². The Balaban J connectivity index is 2.58. The van der Waals surface area contributed by atoms with Gasteiger partial charge in [-0.05, 0) is 19.4 Å². The van der Waals surface area contributed by atoms with Crippen molar-refractivity contribution >= 4 is 5.97 Å². The van der Waals surface area contributed by atoms with Crippen LogP contribution in [0.5, 0.6) is 0 Å². The maximum absolute atomic E-state index is 10.6. The highest BCUT2D eigenvalue weighted by molar-refractivity contribution is 5.82. The molecule has 1 aliphatic heterocycles. The number of cyclic esters (lactones) is 1. The van der Waals surface area contributed by atoms with Gasteiger partial charge in [-0.1, -0.05) is 6.92 Å². The lowest BCUT2D eigenvalue weighted by atomic mass is 9.99. The van der Waals surface area contributed by atoms with Gasteiger partial charge in [-0.2, -0.15) is 0 Å². The fourth-order valence-electron chi connectivity index (χ4n) is 0.944. The molecular formula is C7H10O2. The summed E-state index contributed by atoms with van der Waals surface area (Å²) in [5.74, 6) is 0.822. The van der Waals surface area contributed by atoms with Crippen LogP contribution in [0.25, 0.3) is 0 Å². The first-order valence-electron chi connectivity index (χ1n) is 3.17. The van der Waals surface area contributed by atoms with Crippen LogP contribution in [-0.4, -0.2) is 5.97 Å². The molecule has 50 valence electrons. The minimum Gasteiger partial charge on any atom is -0.430 e. The fraction of sp³-hybridized carbons (Fsp3) is 0.571. The number of carbonyl (C=O) groups excluding carboxylic acids is 1. The predicted molar refractivity (Wildman–Crippen MR) is 33.6 cm³/mol. The smallest absolute Gasteiger partial charge is 0.321 e. The molecule has 0 saturated carbocycles. The van der Waals surface area contributed by atoms with Gasteiger partial charge in [0.1, 0.15) is 11.7 Å². The van der Waals surface area contributed by atoms with Crippen LogP contribution in [0.1, 0.15) is 20.3 Å². The predicted octanol–water partition coefficient (Wildman–Crippen LogP) is 1.47. The number of rotatable bonds is 1. The van der Waals surface area contributed by atoms with E-state index < -0.39 is 0 Å². The first kappa shape index (κ1) is 6.33. The molecule has 0 bridgehead atoms. The van der Waals surface area contributed by atoms with Gasteiger partial charge in [-0.25, -0.2) is 0 Å². The average Bonchev–Trinajstić information content (AvgIpc) is 1.83. The second-order valence-electron chi connectivity index (χ2n) is 2.07. The average molecular weight is 126 g/mol. The minimum atomic E-state index is -0.0781. The molecule has 0 spiro atoms. The molecule has 1 rings (SSSR count). The maximum atomic E-state index is 10.6. The molecule has 1 heterocycles. The van der Waals surface area contributed by atoms with E-state index in [0.29, 0.717) is 0 Å². The molecule has 1 atom stereocenters. The van der Waals surface area contributed by atoms with Gasteiger partial charge in [0, 0.05) is 0 Å². The third kappa shape index (κ3) is 0.846.